The molecule has 192 valence electrons. The average Bonchev–Trinajstić information content (AvgIpc) is 3.52. The number of ether oxygens (including phenoxy) is 5. The molecule has 2 N–H and O–H groups in total. The summed E-state index contributed by atoms with van der Waals surface area (Å²) in [5, 5.41) is 1.22. The van der Waals surface area contributed by atoms with Gasteiger partial charge in [0, 0.05) is 16.6 Å². The number of fused-ring (bicyclic) bond motifs is 1. The summed E-state index contributed by atoms with van der Waals surface area (Å²) in [4.78, 5) is 13.3. The van der Waals surface area contributed by atoms with Crippen LogP contribution >= 0.6 is 27.7 Å². The van der Waals surface area contributed by atoms with Crippen molar-refractivity contribution < 1.29 is 23.7 Å². The van der Waals surface area contributed by atoms with Crippen LogP contribution in [0.1, 0.15) is 17.4 Å². The second-order valence-corrected chi connectivity index (χ2v) is 9.73. The number of aromatic nitrogens is 4. The molecule has 1 atom stereocenters. The summed E-state index contributed by atoms with van der Waals surface area (Å²) in [5.74, 6) is 2.03. The van der Waals surface area contributed by atoms with Crippen LogP contribution < -0.4 is 19.9 Å². The highest BCUT2D eigenvalue weighted by Crippen LogP contribution is 2.41. The first kappa shape index (κ1) is 25.0. The molecule has 12 heteroatoms. The number of imidazole rings is 1. The van der Waals surface area contributed by atoms with Crippen molar-refractivity contribution in [2.45, 2.75) is 24.4 Å². The van der Waals surface area contributed by atoms with Gasteiger partial charge in [0.25, 0.3) is 6.29 Å². The first-order valence-electron chi connectivity index (χ1n) is 11.2. The van der Waals surface area contributed by atoms with Crippen molar-refractivity contribution >= 4 is 44.7 Å². The van der Waals surface area contributed by atoms with Gasteiger partial charge in [-0.25, -0.2) is 15.0 Å². The zero-order valence-electron chi connectivity index (χ0n) is 20.3. The number of anilines is 1. The minimum absolute atomic E-state index is 0.307. The Kier molecular flexibility index (Phi) is 7.28. The van der Waals surface area contributed by atoms with Crippen molar-refractivity contribution in [3.8, 4) is 17.2 Å². The highest BCUT2D eigenvalue weighted by molar-refractivity contribution is 9.10. The van der Waals surface area contributed by atoms with Crippen molar-refractivity contribution in [2.24, 2.45) is 0 Å². The van der Waals surface area contributed by atoms with Crippen LogP contribution in [0.4, 0.5) is 5.82 Å². The Bertz CT molecular complexity index is 1450. The summed E-state index contributed by atoms with van der Waals surface area (Å²) in [7, 11) is 4.77. The van der Waals surface area contributed by atoms with Gasteiger partial charge in [0.2, 0.25) is 10.8 Å². The van der Waals surface area contributed by atoms with Crippen molar-refractivity contribution in [1.29, 1.82) is 0 Å². The number of hydrogen-bond acceptors (Lipinski definition) is 10. The van der Waals surface area contributed by atoms with E-state index < -0.39 is 6.29 Å². The van der Waals surface area contributed by atoms with Crippen LogP contribution in [-0.4, -0.2) is 40.8 Å². The molecule has 10 nitrogen and oxygen atoms in total. The number of benzene rings is 2. The number of aryl methyl sites for hydroxylation is 2. The van der Waals surface area contributed by atoms with Gasteiger partial charge in [0.05, 0.1) is 21.3 Å². The van der Waals surface area contributed by atoms with E-state index in [1.165, 1.54) is 18.1 Å². The Balaban J connectivity index is 1.41. The van der Waals surface area contributed by atoms with E-state index >= 15 is 0 Å². The molecule has 2 aromatic heterocycles. The zero-order chi connectivity index (χ0) is 25.9. The van der Waals surface area contributed by atoms with Gasteiger partial charge in [-0.2, -0.15) is 0 Å². The van der Waals surface area contributed by atoms with E-state index in [-0.39, 0.29) is 0 Å². The van der Waals surface area contributed by atoms with Crippen LogP contribution in [0.5, 0.6) is 17.2 Å². The largest absolute Gasteiger partial charge is 0.493 e. The number of rotatable bonds is 9. The molecule has 1 aliphatic rings. The van der Waals surface area contributed by atoms with E-state index in [0.717, 1.165) is 15.6 Å². The molecular weight excluding hydrogens is 562 g/mol. The first-order chi connectivity index (χ1) is 18.0. The molecule has 37 heavy (non-hydrogen) atoms. The van der Waals surface area contributed by atoms with Crippen LogP contribution in [0, 0.1) is 0 Å². The summed E-state index contributed by atoms with van der Waals surface area (Å²) in [6.45, 7) is 0.551. The van der Waals surface area contributed by atoms with Gasteiger partial charge >= 0.3 is 0 Å². The second kappa shape index (κ2) is 10.8. The van der Waals surface area contributed by atoms with Crippen LogP contribution in [-0.2, 0) is 22.4 Å². The molecule has 0 fully saturated rings. The summed E-state index contributed by atoms with van der Waals surface area (Å²) in [6, 6.07) is 11.6. The maximum absolute atomic E-state index is 6.12. The van der Waals surface area contributed by atoms with Gasteiger partial charge in [0.1, 0.15) is 12.6 Å². The lowest BCUT2D eigenvalue weighted by molar-refractivity contribution is -0.0278. The smallest absolute Gasteiger partial charge is 0.268 e. The highest BCUT2D eigenvalue weighted by atomic mass is 79.9. The Morgan fingerprint density at radius 3 is 2.54 bits per heavy atom. The Morgan fingerprint density at radius 2 is 1.84 bits per heavy atom. The highest BCUT2D eigenvalue weighted by Gasteiger charge is 2.26. The molecule has 4 aromatic rings. The maximum atomic E-state index is 6.12. The number of nitrogen functional groups attached to an aromatic ring is 1. The standard InChI is InChI=1S/C25H24BrN5O5S/c1-32-17-10-14(11-18(33-2)21(17)34-3)8-9-31-23-20(22(27)28-13-29-23)30-25(31)37-19-12-35-24(36-19)15-6-4-5-7-16(15)26/h4-7,10-13,24H,8-9H2,1-3H3,(H2,27,28,29). The lowest BCUT2D eigenvalue weighted by Gasteiger charge is -2.15. The van der Waals surface area contributed by atoms with Crippen molar-refractivity contribution in [2.75, 3.05) is 27.1 Å². The molecule has 0 radical (unpaired) electrons. The molecule has 5 rings (SSSR count). The molecular formula is C25H24BrN5O5S. The van der Waals surface area contributed by atoms with Crippen LogP contribution in [0.3, 0.4) is 0 Å². The van der Waals surface area contributed by atoms with Crippen LogP contribution in [0.2, 0.25) is 0 Å². The fourth-order valence-electron chi connectivity index (χ4n) is 3.95. The van der Waals surface area contributed by atoms with Gasteiger partial charge in [-0.15, -0.1) is 0 Å². The Hall–Kier alpha value is -3.64. The predicted molar refractivity (Wildman–Crippen MR) is 143 cm³/mol. The summed E-state index contributed by atoms with van der Waals surface area (Å²) < 4.78 is 31.2. The molecule has 0 saturated heterocycles. The third kappa shape index (κ3) is 4.98. The second-order valence-electron chi connectivity index (χ2n) is 7.91. The van der Waals surface area contributed by atoms with Crippen molar-refractivity contribution in [3.05, 3.63) is 69.7 Å². The fourth-order valence-corrected chi connectivity index (χ4v) is 5.27. The zero-order valence-corrected chi connectivity index (χ0v) is 22.7. The fraction of sp³-hybridized carbons (Fsp3) is 0.240. The molecule has 0 saturated carbocycles. The lowest BCUT2D eigenvalue weighted by Crippen LogP contribution is -2.06. The monoisotopic (exact) mass is 585 g/mol. The third-order valence-electron chi connectivity index (χ3n) is 5.74. The molecule has 0 bridgehead atoms. The number of thioether (sulfide) groups is 1. The summed E-state index contributed by atoms with van der Waals surface area (Å²) in [5.41, 5.74) is 9.15. The number of nitrogens with zero attached hydrogens (tertiary/aromatic N) is 4. The van der Waals surface area contributed by atoms with Gasteiger partial charge in [-0.1, -0.05) is 34.1 Å². The van der Waals surface area contributed by atoms with E-state index in [1.54, 1.807) is 27.6 Å². The normalized spacial score (nSPS) is 14.7. The van der Waals surface area contributed by atoms with Gasteiger partial charge in [0.15, 0.2) is 33.6 Å². The summed E-state index contributed by atoms with van der Waals surface area (Å²) in [6.07, 6.45) is 3.10. The number of halogens is 1. The van der Waals surface area contributed by atoms with E-state index in [9.17, 15) is 0 Å². The molecule has 0 amide bonds. The quantitative estimate of drug-likeness (QED) is 0.285. The van der Waals surface area contributed by atoms with Crippen LogP contribution in [0.15, 0.2) is 63.7 Å². The van der Waals surface area contributed by atoms with E-state index in [1.807, 2.05) is 41.0 Å². The summed E-state index contributed by atoms with van der Waals surface area (Å²) >= 11 is 4.88. The third-order valence-corrected chi connectivity index (χ3v) is 7.35. The van der Waals surface area contributed by atoms with Gasteiger partial charge in [-0.05, 0) is 41.9 Å². The molecule has 0 spiro atoms. The Labute approximate surface area is 225 Å². The minimum Gasteiger partial charge on any atom is -0.493 e. The maximum Gasteiger partial charge on any atom is 0.268 e. The molecule has 2 aromatic carbocycles. The van der Waals surface area contributed by atoms with Crippen LogP contribution in [0.25, 0.3) is 11.2 Å². The number of methoxy groups -OCH3 is 3. The van der Waals surface area contributed by atoms with E-state index in [0.29, 0.717) is 57.4 Å². The molecule has 0 aliphatic carbocycles. The molecule has 3 heterocycles. The van der Waals surface area contributed by atoms with Gasteiger partial charge in [-0.3, -0.25) is 0 Å². The van der Waals surface area contributed by atoms with Crippen molar-refractivity contribution in [3.63, 3.8) is 0 Å². The lowest BCUT2D eigenvalue weighted by atomic mass is 10.1. The van der Waals surface area contributed by atoms with E-state index in [4.69, 9.17) is 34.4 Å². The minimum atomic E-state index is -0.556. The molecule has 1 unspecified atom stereocenters. The SMILES string of the molecule is COc1cc(CCn2c(SC3=COC(c4ccccc4Br)O3)nc3c(N)ncnc32)cc(OC)c1OC. The average molecular weight is 586 g/mol. The predicted octanol–water partition coefficient (Wildman–Crippen LogP) is 5.08. The molecule has 1 aliphatic heterocycles. The topological polar surface area (TPSA) is 116 Å². The Morgan fingerprint density at radius 1 is 1.08 bits per heavy atom. The number of hydrogen-bond donors (Lipinski definition) is 1. The first-order valence-corrected chi connectivity index (χ1v) is 12.8. The number of nitrogens with two attached hydrogens (primary N) is 1. The van der Waals surface area contributed by atoms with Crippen molar-refractivity contribution in [1.82, 2.24) is 19.5 Å². The van der Waals surface area contributed by atoms with Gasteiger partial charge < -0.3 is 34.0 Å². The van der Waals surface area contributed by atoms with E-state index in [2.05, 4.69) is 25.9 Å².